The van der Waals surface area contributed by atoms with E-state index >= 15 is 0 Å². The second-order valence-corrected chi connectivity index (χ2v) is 6.30. The minimum Gasteiger partial charge on any atom is -0.393 e. The van der Waals surface area contributed by atoms with E-state index in [-0.39, 0.29) is 0 Å². The molecule has 0 spiro atoms. The molecule has 1 aromatic carbocycles. The third-order valence-corrected chi connectivity index (χ3v) is 4.53. The maximum absolute atomic E-state index is 5.70. The highest BCUT2D eigenvalue weighted by molar-refractivity contribution is 7.80. The molecule has 0 unspecified atom stereocenters. The van der Waals surface area contributed by atoms with Crippen LogP contribution in [0.1, 0.15) is 56.0 Å². The fourth-order valence-electron chi connectivity index (χ4n) is 2.82. The van der Waals surface area contributed by atoms with E-state index in [1.807, 2.05) is 0 Å². The minimum absolute atomic E-state index is 0.490. The summed E-state index contributed by atoms with van der Waals surface area (Å²) in [5.41, 5.74) is 10.6. The van der Waals surface area contributed by atoms with E-state index in [2.05, 4.69) is 44.4 Å². The summed E-state index contributed by atoms with van der Waals surface area (Å²) >= 11 is 5.05. The van der Waals surface area contributed by atoms with E-state index in [1.165, 1.54) is 22.5 Å². The Kier molecular flexibility index (Phi) is 4.99. The lowest BCUT2D eigenvalue weighted by Gasteiger charge is -2.15. The number of benzene rings is 1. The van der Waals surface area contributed by atoms with Gasteiger partial charge in [-0.1, -0.05) is 26.1 Å². The van der Waals surface area contributed by atoms with Gasteiger partial charge in [-0.25, -0.2) is 4.98 Å². The number of nitrogens with zero attached hydrogens (tertiary/aromatic N) is 2. The van der Waals surface area contributed by atoms with Gasteiger partial charge in [0.1, 0.15) is 5.82 Å². The molecular formula is C17H25N3S. The van der Waals surface area contributed by atoms with E-state index in [0.29, 0.717) is 10.9 Å². The number of fused-ring (bicyclic) bond motifs is 1. The van der Waals surface area contributed by atoms with Crippen LogP contribution in [0.3, 0.4) is 0 Å². The summed E-state index contributed by atoms with van der Waals surface area (Å²) in [4.78, 5) is 5.48. The first-order chi connectivity index (χ1) is 9.97. The molecule has 0 fully saturated rings. The standard InChI is InChI=1S/C17H25N3S/c1-5-13(6-2)17-19-14-9-11(3)12(4)10-15(14)20(17)8-7-16(18)21/h9-10,13H,5-8H2,1-4H3,(H2,18,21). The van der Waals surface area contributed by atoms with Crippen molar-refractivity contribution in [2.45, 2.75) is 59.4 Å². The van der Waals surface area contributed by atoms with Crippen molar-refractivity contribution in [2.24, 2.45) is 5.73 Å². The van der Waals surface area contributed by atoms with Crippen LogP contribution in [-0.4, -0.2) is 14.5 Å². The molecule has 0 radical (unpaired) electrons. The lowest BCUT2D eigenvalue weighted by molar-refractivity contribution is 0.558. The quantitative estimate of drug-likeness (QED) is 0.812. The molecule has 1 aromatic heterocycles. The lowest BCUT2D eigenvalue weighted by Crippen LogP contribution is -2.15. The van der Waals surface area contributed by atoms with E-state index in [1.54, 1.807) is 0 Å². The zero-order chi connectivity index (χ0) is 15.6. The smallest absolute Gasteiger partial charge is 0.112 e. The maximum Gasteiger partial charge on any atom is 0.112 e. The fraction of sp³-hybridized carbons (Fsp3) is 0.529. The van der Waals surface area contributed by atoms with Crippen molar-refractivity contribution in [3.63, 3.8) is 0 Å². The van der Waals surface area contributed by atoms with E-state index < -0.39 is 0 Å². The molecule has 4 heteroatoms. The molecule has 0 amide bonds. The van der Waals surface area contributed by atoms with Crippen LogP contribution >= 0.6 is 12.2 Å². The fourth-order valence-corrected chi connectivity index (χ4v) is 2.91. The Morgan fingerprint density at radius 3 is 2.43 bits per heavy atom. The molecule has 3 nitrogen and oxygen atoms in total. The lowest BCUT2D eigenvalue weighted by atomic mass is 10.0. The third kappa shape index (κ3) is 3.26. The van der Waals surface area contributed by atoms with Gasteiger partial charge in [-0.3, -0.25) is 0 Å². The monoisotopic (exact) mass is 303 g/mol. The van der Waals surface area contributed by atoms with Gasteiger partial charge in [-0.05, 0) is 49.9 Å². The summed E-state index contributed by atoms with van der Waals surface area (Å²) in [5.74, 6) is 1.67. The van der Waals surface area contributed by atoms with Crippen LogP contribution in [0.5, 0.6) is 0 Å². The average molecular weight is 303 g/mol. The van der Waals surface area contributed by atoms with Crippen LogP contribution in [0.4, 0.5) is 0 Å². The highest BCUT2D eigenvalue weighted by Crippen LogP contribution is 2.28. The molecule has 114 valence electrons. The number of rotatable bonds is 6. The van der Waals surface area contributed by atoms with Crippen molar-refractivity contribution < 1.29 is 0 Å². The van der Waals surface area contributed by atoms with Crippen LogP contribution in [-0.2, 0) is 6.54 Å². The number of aryl methyl sites for hydroxylation is 3. The predicted molar refractivity (Wildman–Crippen MR) is 93.9 cm³/mol. The van der Waals surface area contributed by atoms with Gasteiger partial charge in [0.25, 0.3) is 0 Å². The van der Waals surface area contributed by atoms with Gasteiger partial charge in [0.15, 0.2) is 0 Å². The Labute approximate surface area is 132 Å². The number of thiocarbonyl (C=S) groups is 1. The number of hydrogen-bond donors (Lipinski definition) is 1. The first kappa shape index (κ1) is 16.0. The molecule has 0 saturated heterocycles. The second kappa shape index (κ2) is 6.56. The van der Waals surface area contributed by atoms with E-state index in [0.717, 1.165) is 31.3 Å². The largest absolute Gasteiger partial charge is 0.393 e. The summed E-state index contributed by atoms with van der Waals surface area (Å²) in [6, 6.07) is 4.43. The van der Waals surface area contributed by atoms with Gasteiger partial charge in [0, 0.05) is 18.9 Å². The molecule has 0 aliphatic carbocycles. The molecule has 0 aliphatic rings. The van der Waals surface area contributed by atoms with Crippen molar-refractivity contribution >= 4 is 28.2 Å². The Bertz CT molecular complexity index is 654. The SMILES string of the molecule is CCC(CC)c1nc2cc(C)c(C)cc2n1CCC(N)=S. The van der Waals surface area contributed by atoms with Crippen LogP contribution in [0.25, 0.3) is 11.0 Å². The maximum atomic E-state index is 5.70. The molecule has 1 heterocycles. The van der Waals surface area contributed by atoms with Crippen LogP contribution in [0.15, 0.2) is 12.1 Å². The van der Waals surface area contributed by atoms with Gasteiger partial charge < -0.3 is 10.3 Å². The highest BCUT2D eigenvalue weighted by Gasteiger charge is 2.18. The predicted octanol–water partition coefficient (Wildman–Crippen LogP) is 4.23. The molecule has 0 bridgehead atoms. The normalized spacial score (nSPS) is 11.5. The van der Waals surface area contributed by atoms with Crippen molar-refractivity contribution in [3.05, 3.63) is 29.1 Å². The molecule has 2 N–H and O–H groups in total. The summed E-state index contributed by atoms with van der Waals surface area (Å²) < 4.78 is 2.32. The summed E-state index contributed by atoms with van der Waals surface area (Å²) in [7, 11) is 0. The Morgan fingerprint density at radius 2 is 1.86 bits per heavy atom. The van der Waals surface area contributed by atoms with E-state index in [4.69, 9.17) is 22.9 Å². The zero-order valence-corrected chi connectivity index (χ0v) is 14.3. The van der Waals surface area contributed by atoms with Crippen LogP contribution < -0.4 is 5.73 Å². The summed E-state index contributed by atoms with van der Waals surface area (Å²) in [6.07, 6.45) is 2.93. The molecule has 2 aromatic rings. The van der Waals surface area contributed by atoms with Gasteiger partial charge in [0.05, 0.1) is 16.0 Å². The first-order valence-corrected chi connectivity index (χ1v) is 8.14. The van der Waals surface area contributed by atoms with Crippen molar-refractivity contribution in [2.75, 3.05) is 0 Å². The Balaban J connectivity index is 2.59. The van der Waals surface area contributed by atoms with Crippen molar-refractivity contribution in [1.82, 2.24) is 9.55 Å². The first-order valence-electron chi connectivity index (χ1n) is 7.73. The Hall–Kier alpha value is -1.42. The molecule has 21 heavy (non-hydrogen) atoms. The number of hydrogen-bond acceptors (Lipinski definition) is 2. The van der Waals surface area contributed by atoms with Gasteiger partial charge >= 0.3 is 0 Å². The highest BCUT2D eigenvalue weighted by atomic mass is 32.1. The molecule has 0 atom stereocenters. The molecule has 0 saturated carbocycles. The molecular weight excluding hydrogens is 278 g/mol. The van der Waals surface area contributed by atoms with Crippen molar-refractivity contribution in [3.8, 4) is 0 Å². The molecule has 0 aliphatic heterocycles. The van der Waals surface area contributed by atoms with Crippen molar-refractivity contribution in [1.29, 1.82) is 0 Å². The van der Waals surface area contributed by atoms with Gasteiger partial charge in [-0.2, -0.15) is 0 Å². The number of aromatic nitrogens is 2. The topological polar surface area (TPSA) is 43.8 Å². The summed E-state index contributed by atoms with van der Waals surface area (Å²) in [5, 5.41) is 0. The number of nitrogens with two attached hydrogens (primary N) is 1. The van der Waals surface area contributed by atoms with Crippen LogP contribution in [0.2, 0.25) is 0 Å². The zero-order valence-electron chi connectivity index (χ0n) is 13.4. The van der Waals surface area contributed by atoms with Gasteiger partial charge in [0.2, 0.25) is 0 Å². The molecule has 2 rings (SSSR count). The Morgan fingerprint density at radius 1 is 1.24 bits per heavy atom. The van der Waals surface area contributed by atoms with E-state index in [9.17, 15) is 0 Å². The minimum atomic E-state index is 0.490. The second-order valence-electron chi connectivity index (χ2n) is 5.78. The number of imidazole rings is 1. The summed E-state index contributed by atoms with van der Waals surface area (Å²) in [6.45, 7) is 9.56. The average Bonchev–Trinajstić information content (AvgIpc) is 2.76. The third-order valence-electron chi connectivity index (χ3n) is 4.33. The van der Waals surface area contributed by atoms with Gasteiger partial charge in [-0.15, -0.1) is 0 Å². The van der Waals surface area contributed by atoms with Crippen LogP contribution in [0, 0.1) is 13.8 Å².